The third kappa shape index (κ3) is 2.76. The van der Waals surface area contributed by atoms with Gasteiger partial charge in [0.1, 0.15) is 0 Å². The van der Waals surface area contributed by atoms with Crippen molar-refractivity contribution in [2.45, 2.75) is 17.9 Å². The molecule has 2 unspecified atom stereocenters. The van der Waals surface area contributed by atoms with E-state index in [0.717, 1.165) is 9.87 Å². The SMILES string of the molecule is CC(N)c1cccc[c]1[Sn]([CH3])([CH]=O)[CH2]S. The Kier molecular flexibility index (Phi) is 4.67. The zero-order chi connectivity index (χ0) is 11.5. The van der Waals surface area contributed by atoms with Crippen molar-refractivity contribution >= 4 is 38.9 Å². The van der Waals surface area contributed by atoms with E-state index in [1.54, 1.807) is 0 Å². The van der Waals surface area contributed by atoms with Crippen LogP contribution in [-0.4, -0.2) is 26.4 Å². The Morgan fingerprint density at radius 1 is 1.53 bits per heavy atom. The number of thiol groups is 1. The van der Waals surface area contributed by atoms with Gasteiger partial charge in [-0.05, 0) is 0 Å². The van der Waals surface area contributed by atoms with Crippen LogP contribution < -0.4 is 9.31 Å². The van der Waals surface area contributed by atoms with Crippen LogP contribution in [0.4, 0.5) is 0 Å². The Labute approximate surface area is 101 Å². The molecule has 0 spiro atoms. The van der Waals surface area contributed by atoms with Crippen molar-refractivity contribution in [1.29, 1.82) is 0 Å². The summed E-state index contributed by atoms with van der Waals surface area (Å²) in [7, 11) is 0. The van der Waals surface area contributed by atoms with Crippen molar-refractivity contribution < 1.29 is 4.79 Å². The summed E-state index contributed by atoms with van der Waals surface area (Å²) in [5.74, 6) is 0. The van der Waals surface area contributed by atoms with Crippen molar-refractivity contribution in [3.63, 3.8) is 0 Å². The maximum absolute atomic E-state index is 11.2. The first kappa shape index (κ1) is 13.1. The molecular weight excluding hydrogens is 313 g/mol. The molecule has 0 bridgehead atoms. The molecule has 0 saturated carbocycles. The van der Waals surface area contributed by atoms with Gasteiger partial charge in [0.15, 0.2) is 0 Å². The number of hydrogen-bond acceptors (Lipinski definition) is 3. The van der Waals surface area contributed by atoms with Crippen LogP contribution in [0.25, 0.3) is 0 Å². The molecule has 0 heterocycles. The topological polar surface area (TPSA) is 43.1 Å². The van der Waals surface area contributed by atoms with Gasteiger partial charge in [0.05, 0.1) is 0 Å². The van der Waals surface area contributed by atoms with Crippen LogP contribution in [0.2, 0.25) is 4.94 Å². The van der Waals surface area contributed by atoms with Crippen molar-refractivity contribution in [1.82, 2.24) is 0 Å². The van der Waals surface area contributed by atoms with Crippen molar-refractivity contribution in [3.05, 3.63) is 29.8 Å². The Balaban J connectivity index is 3.29. The summed E-state index contributed by atoms with van der Waals surface area (Å²) in [5, 5.41) is 0. The molecule has 0 fully saturated rings. The summed E-state index contributed by atoms with van der Waals surface area (Å²) in [6, 6.07) is 7.99. The van der Waals surface area contributed by atoms with E-state index in [0.29, 0.717) is 3.77 Å². The Hall–Kier alpha value is -0.00130. The van der Waals surface area contributed by atoms with Gasteiger partial charge in [0, 0.05) is 0 Å². The summed E-state index contributed by atoms with van der Waals surface area (Å²) in [6.45, 7) is 1.95. The molecule has 4 heteroatoms. The number of rotatable bonds is 4. The molecule has 2 N–H and O–H groups in total. The van der Waals surface area contributed by atoms with Gasteiger partial charge in [-0.1, -0.05) is 0 Å². The molecule has 2 atom stereocenters. The van der Waals surface area contributed by atoms with E-state index >= 15 is 0 Å². The average Bonchev–Trinajstić information content (AvgIpc) is 2.28. The van der Waals surface area contributed by atoms with Gasteiger partial charge >= 0.3 is 101 Å². The quantitative estimate of drug-likeness (QED) is 0.496. The first-order valence-corrected chi connectivity index (χ1v) is 13.6. The van der Waals surface area contributed by atoms with Crippen molar-refractivity contribution in [2.24, 2.45) is 5.73 Å². The van der Waals surface area contributed by atoms with E-state index in [1.165, 1.54) is 3.58 Å². The van der Waals surface area contributed by atoms with E-state index in [9.17, 15) is 4.79 Å². The van der Waals surface area contributed by atoms with Crippen LogP contribution in [-0.2, 0) is 4.79 Å². The summed E-state index contributed by atoms with van der Waals surface area (Å²) < 4.78 is 3.04. The molecule has 15 heavy (non-hydrogen) atoms. The summed E-state index contributed by atoms with van der Waals surface area (Å²) >= 11 is 1.47. The fraction of sp³-hybridized carbons (Fsp3) is 0.364. The zero-order valence-electron chi connectivity index (χ0n) is 9.10. The standard InChI is InChI=1S/C8H10N.CHO.CH3S.CH3.Sn/c1-7(9)8-5-3-2-4-6-8;2*1-2;;/h2-5,7H,9H2,1H3;1H;2H,1H2;1H3;. The van der Waals surface area contributed by atoms with E-state index in [4.69, 9.17) is 5.73 Å². The van der Waals surface area contributed by atoms with Gasteiger partial charge in [-0.3, -0.25) is 0 Å². The summed E-state index contributed by atoms with van der Waals surface area (Å²) in [6.07, 6.45) is 0. The van der Waals surface area contributed by atoms with Crippen LogP contribution in [0.5, 0.6) is 0 Å². The Bertz CT molecular complexity index is 356. The molecule has 1 rings (SSSR count). The van der Waals surface area contributed by atoms with Crippen LogP contribution >= 0.6 is 12.6 Å². The van der Waals surface area contributed by atoms with Crippen molar-refractivity contribution in [2.75, 3.05) is 3.77 Å². The van der Waals surface area contributed by atoms with Gasteiger partial charge in [-0.2, -0.15) is 0 Å². The summed E-state index contributed by atoms with van der Waals surface area (Å²) in [4.78, 5) is 13.3. The number of carbonyl (C=O) groups excluding carboxylic acids is 1. The molecule has 0 aliphatic carbocycles. The van der Waals surface area contributed by atoms with Crippen LogP contribution in [0.1, 0.15) is 18.5 Å². The second-order valence-corrected chi connectivity index (χ2v) is 17.4. The molecule has 0 amide bonds. The molecule has 1 aromatic rings. The zero-order valence-corrected chi connectivity index (χ0v) is 12.9. The Morgan fingerprint density at radius 3 is 2.60 bits per heavy atom. The molecular formula is C11H17NOSSn. The average molecular weight is 330 g/mol. The predicted molar refractivity (Wildman–Crippen MR) is 70.9 cm³/mol. The van der Waals surface area contributed by atoms with Crippen LogP contribution in [0, 0.1) is 0 Å². The minimum atomic E-state index is -2.86. The molecule has 1 aromatic carbocycles. The molecule has 0 saturated heterocycles. The number of carbonyl (C=O) groups is 1. The third-order valence-electron chi connectivity index (χ3n) is 2.66. The monoisotopic (exact) mass is 331 g/mol. The molecule has 82 valence electrons. The number of benzene rings is 1. The van der Waals surface area contributed by atoms with E-state index in [-0.39, 0.29) is 6.04 Å². The second-order valence-electron chi connectivity index (χ2n) is 4.07. The van der Waals surface area contributed by atoms with E-state index in [2.05, 4.69) is 17.6 Å². The van der Waals surface area contributed by atoms with Gasteiger partial charge < -0.3 is 0 Å². The van der Waals surface area contributed by atoms with Gasteiger partial charge in [-0.15, -0.1) is 0 Å². The third-order valence-corrected chi connectivity index (χ3v) is 15.2. The second kappa shape index (κ2) is 5.36. The molecule has 0 aliphatic rings. The van der Waals surface area contributed by atoms with Gasteiger partial charge in [0.25, 0.3) is 0 Å². The van der Waals surface area contributed by atoms with E-state index in [1.807, 2.05) is 31.2 Å². The first-order valence-electron chi connectivity index (χ1n) is 4.97. The maximum atomic E-state index is 11.2. The molecule has 2 nitrogen and oxygen atoms in total. The molecule has 0 aliphatic heterocycles. The first-order chi connectivity index (χ1) is 7.05. The van der Waals surface area contributed by atoms with Gasteiger partial charge in [0.2, 0.25) is 0 Å². The van der Waals surface area contributed by atoms with E-state index < -0.39 is 18.4 Å². The summed E-state index contributed by atoms with van der Waals surface area (Å²) in [5.41, 5.74) is 7.02. The number of nitrogens with two attached hydrogens (primary N) is 1. The fourth-order valence-electron chi connectivity index (χ4n) is 1.60. The van der Waals surface area contributed by atoms with Crippen LogP contribution in [0.3, 0.4) is 0 Å². The van der Waals surface area contributed by atoms with Crippen LogP contribution in [0.15, 0.2) is 24.3 Å². The molecule has 0 radical (unpaired) electrons. The molecule has 0 aromatic heterocycles. The van der Waals surface area contributed by atoms with Gasteiger partial charge in [-0.25, -0.2) is 0 Å². The minimum absolute atomic E-state index is 0.0166. The predicted octanol–water partition coefficient (Wildman–Crippen LogP) is 1.23. The normalized spacial score (nSPS) is 16.8. The number of hydrogen-bond donors (Lipinski definition) is 2. The fourth-order valence-corrected chi connectivity index (χ4v) is 8.44. The van der Waals surface area contributed by atoms with Crippen molar-refractivity contribution in [3.8, 4) is 0 Å². The Morgan fingerprint density at radius 2 is 2.13 bits per heavy atom.